The highest BCUT2D eigenvalue weighted by Crippen LogP contribution is 2.16. The molecule has 0 saturated carbocycles. The molecule has 72 valence electrons. The van der Waals surface area contributed by atoms with Crippen LogP contribution in [0.15, 0.2) is 42.5 Å². The van der Waals surface area contributed by atoms with Crippen molar-refractivity contribution < 1.29 is 4.79 Å². The monoisotopic (exact) mass is 195 g/mol. The number of carbonyl (C=O) groups is 1. The highest BCUT2D eigenvalue weighted by atomic mass is 16.1. The van der Waals surface area contributed by atoms with Crippen LogP contribution in [-0.4, -0.2) is 5.78 Å². The predicted molar refractivity (Wildman–Crippen MR) is 58.5 cm³/mol. The second kappa shape index (κ2) is 3.93. The molecular weight excluding hydrogens is 186 g/mol. The summed E-state index contributed by atoms with van der Waals surface area (Å²) in [6.07, 6.45) is -0.0572. The minimum absolute atomic E-state index is 0.0572. The Morgan fingerprint density at radius 3 is 2.60 bits per heavy atom. The van der Waals surface area contributed by atoms with E-state index in [0.29, 0.717) is 5.56 Å². The van der Waals surface area contributed by atoms with E-state index in [1.165, 1.54) is 0 Å². The minimum atomic E-state index is -0.122. The number of ketones is 1. The number of nitrogens with zero attached hydrogens (tertiary/aromatic N) is 1. The Morgan fingerprint density at radius 1 is 1.13 bits per heavy atom. The van der Waals surface area contributed by atoms with Gasteiger partial charge in [-0.05, 0) is 16.8 Å². The lowest BCUT2D eigenvalue weighted by Crippen LogP contribution is -1.96. The van der Waals surface area contributed by atoms with Crippen LogP contribution in [0.25, 0.3) is 10.8 Å². The van der Waals surface area contributed by atoms with Crippen LogP contribution in [0.1, 0.15) is 16.8 Å². The molecule has 15 heavy (non-hydrogen) atoms. The summed E-state index contributed by atoms with van der Waals surface area (Å²) in [6, 6.07) is 15.2. The van der Waals surface area contributed by atoms with Crippen molar-refractivity contribution in [2.45, 2.75) is 6.42 Å². The van der Waals surface area contributed by atoms with Gasteiger partial charge in [0.1, 0.15) is 0 Å². The molecule has 0 aliphatic carbocycles. The first-order chi connectivity index (χ1) is 7.31. The Bertz CT molecular complexity index is 552. The lowest BCUT2D eigenvalue weighted by atomic mass is 10.0. The second-order valence-corrected chi connectivity index (χ2v) is 3.32. The zero-order valence-electron chi connectivity index (χ0n) is 8.10. The topological polar surface area (TPSA) is 40.9 Å². The number of rotatable bonds is 2. The van der Waals surface area contributed by atoms with E-state index < -0.39 is 0 Å². The lowest BCUT2D eigenvalue weighted by molar-refractivity contribution is 0.0998. The zero-order chi connectivity index (χ0) is 10.7. The van der Waals surface area contributed by atoms with E-state index in [-0.39, 0.29) is 12.2 Å². The molecule has 2 aromatic carbocycles. The molecular formula is C13H9NO. The maximum atomic E-state index is 11.5. The summed E-state index contributed by atoms with van der Waals surface area (Å²) in [4.78, 5) is 11.5. The number of fused-ring (bicyclic) bond motifs is 1. The first-order valence-corrected chi connectivity index (χ1v) is 4.70. The Morgan fingerprint density at radius 2 is 1.87 bits per heavy atom. The lowest BCUT2D eigenvalue weighted by Gasteiger charge is -2.00. The summed E-state index contributed by atoms with van der Waals surface area (Å²) < 4.78 is 0. The molecule has 0 aromatic heterocycles. The molecule has 0 bridgehead atoms. The Hall–Kier alpha value is -2.14. The van der Waals surface area contributed by atoms with Crippen LogP contribution in [-0.2, 0) is 0 Å². The molecule has 0 amide bonds. The van der Waals surface area contributed by atoms with Crippen molar-refractivity contribution in [3.63, 3.8) is 0 Å². The summed E-state index contributed by atoms with van der Waals surface area (Å²) in [5.41, 5.74) is 0.607. The molecule has 2 aromatic rings. The van der Waals surface area contributed by atoms with Crippen molar-refractivity contribution >= 4 is 16.6 Å². The standard InChI is InChI=1S/C13H9NO/c14-8-7-13(15)12-6-5-10-3-1-2-4-11(10)9-12/h1-6,9H,7H2. The first kappa shape index (κ1) is 9.42. The second-order valence-electron chi connectivity index (χ2n) is 3.32. The average molecular weight is 195 g/mol. The number of nitriles is 1. The average Bonchev–Trinajstić information content (AvgIpc) is 2.29. The van der Waals surface area contributed by atoms with Crippen molar-refractivity contribution in [2.75, 3.05) is 0 Å². The van der Waals surface area contributed by atoms with Gasteiger partial charge in [-0.1, -0.05) is 36.4 Å². The van der Waals surface area contributed by atoms with Gasteiger partial charge < -0.3 is 0 Å². The number of Topliss-reactive ketones (excluding diaryl/α,β-unsaturated/α-hetero) is 1. The number of hydrogen-bond acceptors (Lipinski definition) is 2. The van der Waals surface area contributed by atoms with Gasteiger partial charge in [0.05, 0.1) is 12.5 Å². The van der Waals surface area contributed by atoms with Crippen molar-refractivity contribution in [1.29, 1.82) is 5.26 Å². The molecule has 0 radical (unpaired) electrons. The van der Waals surface area contributed by atoms with E-state index in [0.717, 1.165) is 10.8 Å². The number of hydrogen-bond donors (Lipinski definition) is 0. The van der Waals surface area contributed by atoms with Crippen LogP contribution in [0.4, 0.5) is 0 Å². The van der Waals surface area contributed by atoms with Gasteiger partial charge >= 0.3 is 0 Å². The summed E-state index contributed by atoms with van der Waals surface area (Å²) in [5, 5.41) is 10.6. The van der Waals surface area contributed by atoms with Crippen LogP contribution in [0.2, 0.25) is 0 Å². The van der Waals surface area contributed by atoms with Crippen molar-refractivity contribution in [3.05, 3.63) is 48.0 Å². The van der Waals surface area contributed by atoms with E-state index in [2.05, 4.69) is 0 Å². The van der Waals surface area contributed by atoms with E-state index in [1.807, 2.05) is 42.5 Å². The Labute approximate surface area is 87.8 Å². The zero-order valence-corrected chi connectivity index (χ0v) is 8.10. The van der Waals surface area contributed by atoms with Crippen molar-refractivity contribution in [1.82, 2.24) is 0 Å². The van der Waals surface area contributed by atoms with Gasteiger partial charge in [-0.2, -0.15) is 5.26 Å². The molecule has 2 nitrogen and oxygen atoms in total. The third-order valence-electron chi connectivity index (χ3n) is 2.31. The van der Waals surface area contributed by atoms with Gasteiger partial charge in [-0.15, -0.1) is 0 Å². The van der Waals surface area contributed by atoms with E-state index in [4.69, 9.17) is 5.26 Å². The van der Waals surface area contributed by atoms with Crippen molar-refractivity contribution in [3.8, 4) is 6.07 Å². The predicted octanol–water partition coefficient (Wildman–Crippen LogP) is 2.94. The molecule has 0 aliphatic rings. The molecule has 0 fully saturated rings. The Balaban J connectivity index is 2.48. The van der Waals surface area contributed by atoms with E-state index in [9.17, 15) is 4.79 Å². The first-order valence-electron chi connectivity index (χ1n) is 4.70. The fourth-order valence-electron chi connectivity index (χ4n) is 1.54. The molecule has 2 heteroatoms. The molecule has 0 atom stereocenters. The molecule has 0 heterocycles. The van der Waals surface area contributed by atoms with Crippen molar-refractivity contribution in [2.24, 2.45) is 0 Å². The van der Waals surface area contributed by atoms with Crippen LogP contribution in [0.3, 0.4) is 0 Å². The largest absolute Gasteiger partial charge is 0.293 e. The fourth-order valence-corrected chi connectivity index (χ4v) is 1.54. The van der Waals surface area contributed by atoms with Gasteiger partial charge in [0.2, 0.25) is 0 Å². The number of carbonyl (C=O) groups excluding carboxylic acids is 1. The maximum Gasteiger partial charge on any atom is 0.176 e. The van der Waals surface area contributed by atoms with Gasteiger partial charge in [0.25, 0.3) is 0 Å². The summed E-state index contributed by atoms with van der Waals surface area (Å²) in [6.45, 7) is 0. The summed E-state index contributed by atoms with van der Waals surface area (Å²) in [7, 11) is 0. The minimum Gasteiger partial charge on any atom is -0.293 e. The van der Waals surface area contributed by atoms with Crippen LogP contribution < -0.4 is 0 Å². The highest BCUT2D eigenvalue weighted by Gasteiger charge is 2.04. The quantitative estimate of drug-likeness (QED) is 0.691. The van der Waals surface area contributed by atoms with E-state index in [1.54, 1.807) is 6.07 Å². The van der Waals surface area contributed by atoms with Gasteiger partial charge in [-0.3, -0.25) is 4.79 Å². The maximum absolute atomic E-state index is 11.5. The van der Waals surface area contributed by atoms with Crippen LogP contribution in [0.5, 0.6) is 0 Å². The highest BCUT2D eigenvalue weighted by molar-refractivity contribution is 6.00. The third kappa shape index (κ3) is 1.87. The third-order valence-corrected chi connectivity index (χ3v) is 2.31. The van der Waals surface area contributed by atoms with Gasteiger partial charge in [0.15, 0.2) is 5.78 Å². The fraction of sp³-hybridized carbons (Fsp3) is 0.0769. The smallest absolute Gasteiger partial charge is 0.176 e. The van der Waals surface area contributed by atoms with Gasteiger partial charge in [-0.25, -0.2) is 0 Å². The molecule has 0 saturated heterocycles. The normalized spacial score (nSPS) is 9.80. The summed E-state index contributed by atoms with van der Waals surface area (Å²) >= 11 is 0. The van der Waals surface area contributed by atoms with Crippen LogP contribution in [0, 0.1) is 11.3 Å². The number of benzene rings is 2. The molecule has 0 N–H and O–H groups in total. The molecule has 0 aliphatic heterocycles. The van der Waals surface area contributed by atoms with Gasteiger partial charge in [0, 0.05) is 5.56 Å². The van der Waals surface area contributed by atoms with Crippen LogP contribution >= 0.6 is 0 Å². The molecule has 2 rings (SSSR count). The molecule has 0 unspecified atom stereocenters. The Kier molecular flexibility index (Phi) is 2.47. The van der Waals surface area contributed by atoms with E-state index >= 15 is 0 Å². The molecule has 0 spiro atoms. The summed E-state index contributed by atoms with van der Waals surface area (Å²) in [5.74, 6) is -0.122. The SMILES string of the molecule is N#CCC(=O)c1ccc2ccccc2c1.